The van der Waals surface area contributed by atoms with E-state index in [0.717, 1.165) is 61.8 Å². The van der Waals surface area contributed by atoms with Crippen molar-refractivity contribution < 1.29 is 144 Å². The van der Waals surface area contributed by atoms with Gasteiger partial charge < -0.3 is 72.0 Å². The van der Waals surface area contributed by atoms with Crippen LogP contribution in [0.1, 0.15) is 156 Å². The average molecular weight is 2280 g/mol. The molecule has 0 unspecified atom stereocenters. The van der Waals surface area contributed by atoms with Gasteiger partial charge in [0, 0.05) is 124 Å². The molecule has 0 bridgehead atoms. The molecule has 147 heavy (non-hydrogen) atoms. The van der Waals surface area contributed by atoms with E-state index >= 15 is 0 Å². The molecule has 2 aromatic heterocycles. The molecular formula is C89H115Cl2CuF5N18O26PS5. The van der Waals surface area contributed by atoms with Crippen molar-refractivity contribution in [2.45, 2.75) is 158 Å². The second kappa shape index (κ2) is 49.8. The number of aliphatic hydroxyl groups excluding tert-OH is 1. The summed E-state index contributed by atoms with van der Waals surface area (Å²) in [4.78, 5) is 82.1. The molecule has 8 aliphatic rings. The molecule has 7 aromatic rings. The van der Waals surface area contributed by atoms with E-state index in [2.05, 4.69) is 75.6 Å². The third-order valence-electron chi connectivity index (χ3n) is 25.2. The van der Waals surface area contributed by atoms with Gasteiger partial charge in [0.2, 0.25) is 11.8 Å². The SMILES string of the molecule is CC(C)(C)[S@@](=O)N[C@@](C)(CC[C@]1(C#N)CCOC1)c1cc([N+](=O)[O-])ccc1F.CO.COc1cnc(C(=O)Cc2ccc(F)c([C@]3(C)CS(=O)(=O)[C@@]4(CCOC4)C(N)=N3)c2)cn1.COc1cnc(C(=O)O)cn1.C[C@@]1(c2cc(N)ccc2F)CS(=O)(=O)[C@@]2(CCOC2)C(N)=N1.C[C@@]1(c2cc([N+](=O)[O-])ccc2F)CS(=O)(=O)[C@@]2(CCOC2)C(N)=N1.C[C@](N)(CS(=O)(=O)[C@]1(C#N)CCOC1)c1cc([N+](=O)[O-])ccc1F.Cl.[3H]P([3H])[3H].[Cl][Cu].[HH]. The summed E-state index contributed by atoms with van der Waals surface area (Å²) in [6.07, 6.45) is 6.86. The van der Waals surface area contributed by atoms with Gasteiger partial charge in [-0.3, -0.25) is 50.1 Å². The van der Waals surface area contributed by atoms with E-state index < -0.39 is 190 Å². The van der Waals surface area contributed by atoms with Crippen LogP contribution in [0.4, 0.5) is 44.7 Å². The van der Waals surface area contributed by atoms with E-state index in [1.807, 2.05) is 0 Å². The number of sulfone groups is 4. The van der Waals surface area contributed by atoms with E-state index in [1.54, 1.807) is 40.7 Å². The van der Waals surface area contributed by atoms with Crippen molar-refractivity contribution in [3.63, 3.8) is 0 Å². The van der Waals surface area contributed by atoms with Crippen LogP contribution in [-0.4, -0.2) is 250 Å². The number of ether oxygens (including phenoxy) is 7. The summed E-state index contributed by atoms with van der Waals surface area (Å²) >= 11 is 3.66. The largest absolute Gasteiger partial charge is 0 e. The van der Waals surface area contributed by atoms with Gasteiger partial charge in [-0.25, -0.2) is 89.3 Å². The smallest absolute Gasteiger partial charge is 0 e. The number of carbonyl (C=O) groups excluding carboxylic acids is 1. The summed E-state index contributed by atoms with van der Waals surface area (Å²) in [5, 5.41) is 67.2. The number of halogens is 7. The third kappa shape index (κ3) is 27.7. The van der Waals surface area contributed by atoms with Crippen LogP contribution >= 0.6 is 32.2 Å². The number of nitrogen functional groups attached to an aromatic ring is 1. The quantitative estimate of drug-likeness (QED) is 0.00598. The summed E-state index contributed by atoms with van der Waals surface area (Å²) in [6.45, 7) is 14.1. The number of nitro benzene ring substituents is 3. The Bertz CT molecular complexity index is 6790. The number of hydrogen-bond acceptors (Lipinski definition) is 39. The van der Waals surface area contributed by atoms with Gasteiger partial charge in [-0.1, -0.05) is 6.07 Å². The minimum Gasteiger partial charge on any atom is 0 e. The Labute approximate surface area is 873 Å². The first-order chi connectivity index (χ1) is 69.4. The van der Waals surface area contributed by atoms with E-state index in [1.165, 1.54) is 96.0 Å². The van der Waals surface area contributed by atoms with Crippen LogP contribution in [0.5, 0.6) is 11.8 Å². The zero-order valence-electron chi connectivity index (χ0n) is 83.9. The van der Waals surface area contributed by atoms with E-state index in [4.69, 9.17) is 71.1 Å². The Balaban J connectivity index is 0.000000318. The number of nitrogens with zero attached hydrogens (tertiary/aromatic N) is 12. The van der Waals surface area contributed by atoms with Crippen LogP contribution < -0.4 is 42.9 Å². The van der Waals surface area contributed by atoms with Crippen molar-refractivity contribution in [2.75, 3.05) is 116 Å². The number of rotatable bonds is 22. The number of non-ortho nitro benzene ring substituents is 3. The summed E-state index contributed by atoms with van der Waals surface area (Å²) < 4.78 is 238. The number of benzene rings is 5. The fourth-order valence-corrected chi connectivity index (χ4v) is 26.5. The Morgan fingerprint density at radius 1 is 0.585 bits per heavy atom. The van der Waals surface area contributed by atoms with Crippen LogP contribution in [-0.2, 0) is 123 Å². The van der Waals surface area contributed by atoms with Gasteiger partial charge in [0.25, 0.3) is 17.1 Å². The molecule has 5 fully saturated rings. The second-order valence-corrected chi connectivity index (χ2v) is 47.9. The maximum Gasteiger partial charge on any atom is 0 e. The molecule has 5 saturated heterocycles. The molecule has 5 aromatic carbocycles. The predicted octanol–water partition coefficient (Wildman–Crippen LogP) is 8.59. The molecule has 10 heterocycles. The number of aliphatic hydroxyl groups is 1. The van der Waals surface area contributed by atoms with Crippen molar-refractivity contribution in [3.8, 4) is 23.9 Å². The topological polar surface area (TPSA) is 701 Å². The molecule has 3 spiro atoms. The number of aromatic carboxylic acids is 1. The van der Waals surface area contributed by atoms with E-state index in [-0.39, 0.29) is 184 Å². The molecule has 0 aliphatic carbocycles. The van der Waals surface area contributed by atoms with Crippen LogP contribution in [0.3, 0.4) is 0 Å². The first kappa shape index (κ1) is 120. The number of amidine groups is 3. The first-order valence-corrected chi connectivity index (χ1v) is 52.6. The normalized spacial score (nSPS) is 25.3. The maximum atomic E-state index is 14.8. The molecular weight excluding hydrogens is 2160 g/mol. The number of carboxylic acid groups (broad SMARTS) is 1. The van der Waals surface area contributed by atoms with E-state index in [9.17, 15) is 110 Å². The number of nitriles is 2. The Morgan fingerprint density at radius 3 is 1.32 bits per heavy atom. The fourth-order valence-electron chi connectivity index (χ4n) is 16.8. The molecule has 13 N–H and O–H groups in total. The van der Waals surface area contributed by atoms with Gasteiger partial charge in [-0.05, 0) is 148 Å². The number of aromatic nitrogens is 4. The summed E-state index contributed by atoms with van der Waals surface area (Å²) in [5.41, 5.74) is 21.5. The number of hydrogen-bond donors (Lipinski definition) is 8. The van der Waals surface area contributed by atoms with Crippen LogP contribution in [0.2, 0.25) is 0 Å². The zero-order chi connectivity index (χ0) is 112. The van der Waals surface area contributed by atoms with E-state index in [0.29, 0.717) is 49.8 Å². The maximum absolute atomic E-state index is 14.8. The number of carbonyl (C=O) groups is 2. The standard InChI is InChI=1S/C21H23FN4O5S.C19H26FN3O4S.2C14H16FN3O5S.C14H18FN3O3S.C6H6N2O3.CH4O.2ClH.Cu.H3P.H2/c1-20(12-32(28,29)21(19(23)26-20)5-6-31-11-21)14-7-13(3-4-15(14)22)8-17(27)16-9-25-18(30-2)10-24-16;1-17(2,3)28(26)22-18(4,7-8-19(12-21)9-10-27-13-19)15-11-14(23(24)25)5-6-16(15)20;1-13(10-6-9(18(19)20)2-3-11(10)15)8-24(21,22)14(12(16)17-13)4-5-23-7-14;1-13(17,11-6-10(18(19)20)2-3-12(11)15)9-24(21,22)14(7-16)4-5-23-8-14;1-13(10-6-9(16)2-3-11(10)15)8-22(19,20)14(12(17)18-13)4-5-21-7-14;1-11-5-3-7-4(2-8-5)6(9)10;1-2;;;;;/h3-4,7,9-10H,5-6,8,11-12H2,1-2H3,(H2,23,26);5-6,11,22H,7-10,13H2,1-4H3;2-3,6H,4-5,7-8H2,1H3,(H2,16,17);2-3,6H,4-5,8-9,17H2,1H3;2-3,6H,4-5,7-8,16H2,1H3,(H2,17,18);2-3H,1H3,(H,9,10);2H,1H3;2*1H;;1H3;1H/q;;;;;;;;;+1;;/p-1/t20-,21+;18-,19+,28+;13-,14+;13-,14-;13-,14+;;;;;;;/m00000......./s1/i;;;;;;;;;;1T3;. The average Bonchev–Trinajstić information content (AvgIpc) is 1.71. The molecule has 0 amide bonds. The van der Waals surface area contributed by atoms with Crippen molar-refractivity contribution >= 4 is 135 Å². The number of ketones is 1. The number of methoxy groups -OCH3 is 2. The first-order valence-electron chi connectivity index (χ1n) is 44.9. The molecule has 58 heteroatoms. The van der Waals surface area contributed by atoms with Crippen molar-refractivity contribution in [1.82, 2.24) is 24.7 Å². The van der Waals surface area contributed by atoms with Crippen molar-refractivity contribution in [2.24, 2.45) is 43.3 Å². The molecule has 812 valence electrons. The van der Waals surface area contributed by atoms with Crippen LogP contribution in [0, 0.1) is 87.5 Å². The summed E-state index contributed by atoms with van der Waals surface area (Å²) in [5.74, 6) is -6.48. The number of aliphatic imine (C=N–C) groups is 3. The molecule has 0 saturated carbocycles. The second-order valence-electron chi connectivity index (χ2n) is 36.7. The number of Topliss-reactive ketones (excluding diaryl/α,β-unsaturated/α-hetero) is 1. The van der Waals surface area contributed by atoms with Crippen LogP contribution in [0.25, 0.3) is 0 Å². The van der Waals surface area contributed by atoms with Gasteiger partial charge in [0.1, 0.15) is 68.9 Å². The predicted molar refractivity (Wildman–Crippen MR) is 536 cm³/mol. The Kier molecular flexibility index (Phi) is 40.5. The molecule has 8 aliphatic heterocycles. The molecule has 0 radical (unpaired) electrons. The summed E-state index contributed by atoms with van der Waals surface area (Å²) in [6, 6.07) is 21.2. The van der Waals surface area contributed by atoms with Crippen molar-refractivity contribution in [3.05, 3.63) is 220 Å². The molecule has 11 atom stereocenters. The van der Waals surface area contributed by atoms with Crippen LogP contribution in [0.15, 0.2) is 131 Å². The van der Waals surface area contributed by atoms with Gasteiger partial charge in [0.05, 0.1) is 158 Å². The molecule has 15 rings (SSSR count). The number of anilines is 1. The number of nitrogens with one attached hydrogen (secondary N) is 1. The number of nitro groups is 3. The minimum atomic E-state index is -4.08. The van der Waals surface area contributed by atoms with Gasteiger partial charge in [-0.15, -0.1) is 12.4 Å². The third-order valence-corrected chi connectivity index (χ3v) is 37.6. The van der Waals surface area contributed by atoms with Crippen molar-refractivity contribution in [1.29, 1.82) is 14.4 Å². The Hall–Kier alpha value is -10.8. The number of nitrogens with two attached hydrogens (primary N) is 5. The minimum absolute atomic E-state index is 0. The van der Waals surface area contributed by atoms with Gasteiger partial charge >= 0.3 is 31.2 Å². The number of carboxylic acids is 1. The monoisotopic (exact) mass is 2280 g/mol. The Morgan fingerprint density at radius 2 is 0.959 bits per heavy atom. The zero-order valence-corrected chi connectivity index (χ0v) is 88.4. The molecule has 44 nitrogen and oxygen atoms in total. The fraction of sp³-hybridized carbons (Fsp3) is 0.494. The summed E-state index contributed by atoms with van der Waals surface area (Å²) in [7, 11) is -10.6. The van der Waals surface area contributed by atoms with Gasteiger partial charge in [0.15, 0.2) is 69.8 Å². The van der Waals surface area contributed by atoms with Gasteiger partial charge in [-0.2, -0.15) is 20.3 Å².